The average Bonchev–Trinajstić information content (AvgIpc) is 2.55. The summed E-state index contributed by atoms with van der Waals surface area (Å²) < 4.78 is 0. The van der Waals surface area contributed by atoms with Crippen LogP contribution in [-0.4, -0.2) is 13.8 Å². The molecule has 1 saturated heterocycles. The zero-order valence-corrected chi connectivity index (χ0v) is 12.8. The monoisotopic (exact) mass is 277 g/mol. The van der Waals surface area contributed by atoms with Gasteiger partial charge < -0.3 is 0 Å². The first-order chi connectivity index (χ1) is 9.93. The number of benzene rings is 2. The van der Waals surface area contributed by atoms with E-state index in [9.17, 15) is 0 Å². The van der Waals surface area contributed by atoms with Crippen LogP contribution in [0.4, 0.5) is 0 Å². The molecular weight excluding hydrogens is 258 g/mol. The van der Waals surface area contributed by atoms with Gasteiger partial charge in [-0.1, -0.05) is 72.9 Å². The molecule has 0 spiro atoms. The molecule has 1 aromatic heterocycles. The third-order valence-electron chi connectivity index (χ3n) is 4.69. The molecule has 1 aliphatic heterocycles. The Morgan fingerprint density at radius 2 is 1.70 bits per heavy atom. The standard InChI is InChI=1S/C18H19NSi/c1-4-11-20(12-5-1)17-10-6-9-16-18(17)15-8-3-2-7-14(15)13-19-16/h2-3,6-10,13,20H,1,4-5,11-12H2. The number of hydrogen-bond donors (Lipinski definition) is 0. The Morgan fingerprint density at radius 1 is 0.850 bits per heavy atom. The van der Waals surface area contributed by atoms with Crippen molar-refractivity contribution in [2.45, 2.75) is 31.4 Å². The van der Waals surface area contributed by atoms with Gasteiger partial charge in [-0.3, -0.25) is 4.98 Å². The van der Waals surface area contributed by atoms with Crippen molar-refractivity contribution in [3.05, 3.63) is 48.7 Å². The molecule has 3 aromatic rings. The first-order valence-electron chi connectivity index (χ1n) is 7.70. The van der Waals surface area contributed by atoms with E-state index in [0.29, 0.717) is 0 Å². The van der Waals surface area contributed by atoms with E-state index in [1.54, 1.807) is 5.19 Å². The molecule has 0 radical (unpaired) electrons. The molecule has 20 heavy (non-hydrogen) atoms. The van der Waals surface area contributed by atoms with Crippen LogP contribution in [0.1, 0.15) is 19.3 Å². The summed E-state index contributed by atoms with van der Waals surface area (Å²) >= 11 is 0. The summed E-state index contributed by atoms with van der Waals surface area (Å²) in [7, 11) is -0.782. The van der Waals surface area contributed by atoms with Gasteiger partial charge in [0.25, 0.3) is 0 Å². The first-order valence-corrected chi connectivity index (χ1v) is 9.91. The van der Waals surface area contributed by atoms with Crippen LogP contribution in [0.3, 0.4) is 0 Å². The summed E-state index contributed by atoms with van der Waals surface area (Å²) in [6.45, 7) is 0. The maximum Gasteiger partial charge on any atom is 0.0717 e. The lowest BCUT2D eigenvalue weighted by atomic mass is 10.1. The third kappa shape index (κ3) is 1.95. The molecule has 2 heteroatoms. The van der Waals surface area contributed by atoms with Gasteiger partial charge in [-0.25, -0.2) is 0 Å². The van der Waals surface area contributed by atoms with Crippen LogP contribution in [-0.2, 0) is 0 Å². The molecule has 0 unspecified atom stereocenters. The highest BCUT2D eigenvalue weighted by atomic mass is 28.3. The van der Waals surface area contributed by atoms with Crippen molar-refractivity contribution in [1.82, 2.24) is 4.98 Å². The summed E-state index contributed by atoms with van der Waals surface area (Å²) in [4.78, 5) is 4.69. The Balaban J connectivity index is 2.02. The first kappa shape index (κ1) is 12.1. The van der Waals surface area contributed by atoms with Crippen molar-refractivity contribution in [2.75, 3.05) is 0 Å². The summed E-state index contributed by atoms with van der Waals surface area (Å²) in [6.07, 6.45) is 6.33. The van der Waals surface area contributed by atoms with Crippen molar-refractivity contribution in [1.29, 1.82) is 0 Å². The van der Waals surface area contributed by atoms with Crippen LogP contribution < -0.4 is 5.19 Å². The predicted molar refractivity (Wildman–Crippen MR) is 89.5 cm³/mol. The fraction of sp³-hybridized carbons (Fsp3) is 0.278. The minimum atomic E-state index is -0.782. The molecule has 100 valence electrons. The molecule has 0 aliphatic carbocycles. The van der Waals surface area contributed by atoms with Crippen LogP contribution >= 0.6 is 0 Å². The lowest BCUT2D eigenvalue weighted by Gasteiger charge is -2.22. The second kappa shape index (κ2) is 5.02. The zero-order valence-electron chi connectivity index (χ0n) is 11.7. The van der Waals surface area contributed by atoms with Gasteiger partial charge in [-0.2, -0.15) is 0 Å². The number of fused-ring (bicyclic) bond motifs is 3. The lowest BCUT2D eigenvalue weighted by Crippen LogP contribution is -2.32. The molecule has 1 fully saturated rings. The van der Waals surface area contributed by atoms with Crippen LogP contribution in [0.15, 0.2) is 48.7 Å². The minimum absolute atomic E-state index is 0.782. The average molecular weight is 277 g/mol. The second-order valence-corrected chi connectivity index (χ2v) is 9.09. The van der Waals surface area contributed by atoms with Gasteiger partial charge >= 0.3 is 0 Å². The zero-order chi connectivity index (χ0) is 13.4. The smallest absolute Gasteiger partial charge is 0.0717 e. The minimum Gasteiger partial charge on any atom is -0.256 e. The highest BCUT2D eigenvalue weighted by Crippen LogP contribution is 2.26. The molecule has 1 aliphatic rings. The van der Waals surface area contributed by atoms with Crippen LogP contribution in [0.5, 0.6) is 0 Å². The molecule has 2 aromatic carbocycles. The molecule has 1 nitrogen and oxygen atoms in total. The Hall–Kier alpha value is -1.67. The number of nitrogens with zero attached hydrogens (tertiary/aromatic N) is 1. The number of rotatable bonds is 1. The normalized spacial score (nSPS) is 16.8. The number of aromatic nitrogens is 1. The van der Waals surface area contributed by atoms with E-state index in [1.165, 1.54) is 53.0 Å². The highest BCUT2D eigenvalue weighted by Gasteiger charge is 2.20. The van der Waals surface area contributed by atoms with Gasteiger partial charge in [-0.05, 0) is 11.5 Å². The Kier molecular flexibility index (Phi) is 3.04. The maximum absolute atomic E-state index is 4.69. The van der Waals surface area contributed by atoms with E-state index >= 15 is 0 Å². The van der Waals surface area contributed by atoms with E-state index in [-0.39, 0.29) is 0 Å². The van der Waals surface area contributed by atoms with E-state index in [0.717, 1.165) is 0 Å². The molecule has 2 heterocycles. The maximum atomic E-state index is 4.69. The van der Waals surface area contributed by atoms with Gasteiger partial charge in [0.15, 0.2) is 0 Å². The molecule has 4 rings (SSSR count). The van der Waals surface area contributed by atoms with E-state index in [2.05, 4.69) is 47.4 Å². The van der Waals surface area contributed by atoms with Crippen molar-refractivity contribution in [3.8, 4) is 0 Å². The van der Waals surface area contributed by atoms with Crippen molar-refractivity contribution in [3.63, 3.8) is 0 Å². The summed E-state index contributed by atoms with van der Waals surface area (Å²) in [5.74, 6) is 0. The largest absolute Gasteiger partial charge is 0.256 e. The van der Waals surface area contributed by atoms with Crippen LogP contribution in [0.2, 0.25) is 12.1 Å². The fourth-order valence-electron chi connectivity index (χ4n) is 3.69. The second-order valence-electron chi connectivity index (χ2n) is 5.92. The summed E-state index contributed by atoms with van der Waals surface area (Å²) in [5, 5.41) is 5.78. The molecule has 0 amide bonds. The SMILES string of the molecule is c1ccc2c(c1)cnc1cccc([SiH]3CCCCC3)c12. The van der Waals surface area contributed by atoms with Gasteiger partial charge in [0, 0.05) is 17.0 Å². The summed E-state index contributed by atoms with van der Waals surface area (Å²) in [6, 6.07) is 18.4. The molecule has 0 saturated carbocycles. The Bertz CT molecular complexity index is 760. The fourth-order valence-corrected chi connectivity index (χ4v) is 7.26. The topological polar surface area (TPSA) is 12.9 Å². The lowest BCUT2D eigenvalue weighted by molar-refractivity contribution is 0.728. The highest BCUT2D eigenvalue weighted by molar-refractivity contribution is 6.76. The molecule has 0 bridgehead atoms. The quantitative estimate of drug-likeness (QED) is 0.484. The summed E-state index contributed by atoms with van der Waals surface area (Å²) in [5.41, 5.74) is 1.18. The van der Waals surface area contributed by atoms with Gasteiger partial charge in [0.1, 0.15) is 0 Å². The number of hydrogen-bond acceptors (Lipinski definition) is 1. The van der Waals surface area contributed by atoms with E-state index in [4.69, 9.17) is 0 Å². The van der Waals surface area contributed by atoms with Crippen LogP contribution in [0.25, 0.3) is 21.7 Å². The van der Waals surface area contributed by atoms with Crippen molar-refractivity contribution in [2.24, 2.45) is 0 Å². The number of pyridine rings is 1. The molecular formula is C18H19NSi. The van der Waals surface area contributed by atoms with Crippen molar-refractivity contribution >= 4 is 35.7 Å². The van der Waals surface area contributed by atoms with Gasteiger partial charge in [0.05, 0.1) is 14.3 Å². The molecule has 0 atom stereocenters. The molecule has 0 N–H and O–H groups in total. The van der Waals surface area contributed by atoms with Crippen LogP contribution in [0, 0.1) is 0 Å². The van der Waals surface area contributed by atoms with E-state index in [1.807, 2.05) is 6.20 Å². The third-order valence-corrected chi connectivity index (χ3v) is 8.26. The van der Waals surface area contributed by atoms with Crippen molar-refractivity contribution < 1.29 is 0 Å². The Labute approximate surface area is 121 Å². The Morgan fingerprint density at radius 3 is 2.60 bits per heavy atom. The predicted octanol–water partition coefficient (Wildman–Crippen LogP) is 4.01. The van der Waals surface area contributed by atoms with Gasteiger partial charge in [-0.15, -0.1) is 0 Å². The van der Waals surface area contributed by atoms with Gasteiger partial charge in [0.2, 0.25) is 0 Å². The van der Waals surface area contributed by atoms with E-state index < -0.39 is 8.80 Å².